The van der Waals surface area contributed by atoms with Crippen molar-refractivity contribution in [2.75, 3.05) is 38.7 Å². The molecule has 1 spiro atoms. The molecule has 6 rings (SSSR count). The number of carbonyl (C=O) groups is 2. The van der Waals surface area contributed by atoms with Gasteiger partial charge in [-0.3, -0.25) is 9.78 Å². The minimum Gasteiger partial charge on any atom is -0.497 e. The quantitative estimate of drug-likeness (QED) is 0.384. The molecule has 38 heavy (non-hydrogen) atoms. The Morgan fingerprint density at radius 1 is 1.18 bits per heavy atom. The number of hydrogen-bond acceptors (Lipinski definition) is 5. The van der Waals surface area contributed by atoms with Crippen LogP contribution in [0.25, 0.3) is 10.9 Å². The molecule has 3 amide bonds. The van der Waals surface area contributed by atoms with Gasteiger partial charge in [0, 0.05) is 60.4 Å². The van der Waals surface area contributed by atoms with Gasteiger partial charge >= 0.3 is 6.03 Å². The summed E-state index contributed by atoms with van der Waals surface area (Å²) in [5.74, 6) is -0.00612. The molecule has 0 aliphatic carbocycles. The summed E-state index contributed by atoms with van der Waals surface area (Å²) in [4.78, 5) is 37.5. The smallest absolute Gasteiger partial charge is 0.321 e. The van der Waals surface area contributed by atoms with Crippen LogP contribution in [-0.4, -0.2) is 70.2 Å². The number of aromatic amines is 1. The number of aliphatic hydroxyl groups excluding tert-OH is 1. The summed E-state index contributed by atoms with van der Waals surface area (Å²) in [5.41, 5.74) is 2.77. The van der Waals surface area contributed by atoms with Crippen molar-refractivity contribution in [1.29, 1.82) is 0 Å². The van der Waals surface area contributed by atoms with Gasteiger partial charge in [0.2, 0.25) is 0 Å². The van der Waals surface area contributed by atoms with Crippen LogP contribution < -0.4 is 10.1 Å². The molecule has 4 aromatic rings. The number of rotatable bonds is 4. The number of urea groups is 1. The van der Waals surface area contributed by atoms with Crippen molar-refractivity contribution < 1.29 is 23.8 Å². The average Bonchev–Trinajstić information content (AvgIpc) is 3.30. The third kappa shape index (κ3) is 3.84. The maximum Gasteiger partial charge on any atom is 0.321 e. The molecule has 0 unspecified atom stereocenters. The maximum absolute atomic E-state index is 13.6. The number of benzene rings is 2. The first-order valence-corrected chi connectivity index (χ1v) is 12.3. The van der Waals surface area contributed by atoms with E-state index in [0.29, 0.717) is 36.6 Å². The van der Waals surface area contributed by atoms with Crippen LogP contribution in [0.1, 0.15) is 27.7 Å². The first kappa shape index (κ1) is 23.9. The molecule has 3 N–H and O–H groups in total. The molecule has 4 heterocycles. The zero-order valence-electron chi connectivity index (χ0n) is 20.6. The fourth-order valence-corrected chi connectivity index (χ4v) is 5.73. The Balaban J connectivity index is 1.38. The second kappa shape index (κ2) is 9.14. The number of anilines is 1. The molecule has 2 aliphatic heterocycles. The van der Waals surface area contributed by atoms with Crippen molar-refractivity contribution in [2.24, 2.45) is 0 Å². The number of aliphatic hydroxyl groups is 1. The number of aromatic nitrogens is 2. The van der Waals surface area contributed by atoms with Crippen LogP contribution in [0.4, 0.5) is 14.9 Å². The molecule has 1 atom stereocenters. The topological polar surface area (TPSA) is 111 Å². The van der Waals surface area contributed by atoms with E-state index in [1.165, 1.54) is 24.4 Å². The molecule has 2 aromatic carbocycles. The first-order valence-electron chi connectivity index (χ1n) is 12.3. The monoisotopic (exact) mass is 515 g/mol. The van der Waals surface area contributed by atoms with E-state index in [2.05, 4.69) is 15.3 Å². The lowest BCUT2D eigenvalue weighted by Gasteiger charge is -2.55. The minimum atomic E-state index is -0.600. The summed E-state index contributed by atoms with van der Waals surface area (Å²) in [6, 6.07) is 13.9. The highest BCUT2D eigenvalue weighted by Crippen LogP contribution is 2.49. The summed E-state index contributed by atoms with van der Waals surface area (Å²) in [6.45, 7) is 0.717. The molecule has 9 nitrogen and oxygen atoms in total. The van der Waals surface area contributed by atoms with E-state index in [1.54, 1.807) is 41.3 Å². The molecule has 10 heteroatoms. The summed E-state index contributed by atoms with van der Waals surface area (Å²) in [7, 11) is 1.59. The fourth-order valence-electron chi connectivity index (χ4n) is 5.73. The molecule has 1 saturated heterocycles. The van der Waals surface area contributed by atoms with Crippen LogP contribution in [0.2, 0.25) is 0 Å². The number of H-pyrrole nitrogens is 1. The van der Waals surface area contributed by atoms with Crippen LogP contribution in [0.5, 0.6) is 5.75 Å². The minimum absolute atomic E-state index is 0.249. The van der Waals surface area contributed by atoms with Gasteiger partial charge in [0.25, 0.3) is 5.91 Å². The Kier molecular flexibility index (Phi) is 5.76. The lowest BCUT2D eigenvalue weighted by Crippen LogP contribution is -2.68. The molecule has 0 bridgehead atoms. The molecule has 0 radical (unpaired) electrons. The number of fused-ring (bicyclic) bond motifs is 4. The molecule has 2 aliphatic rings. The number of nitrogens with zero attached hydrogens (tertiary/aromatic N) is 3. The van der Waals surface area contributed by atoms with E-state index in [0.717, 1.165) is 22.2 Å². The maximum atomic E-state index is 13.6. The summed E-state index contributed by atoms with van der Waals surface area (Å²) in [6.07, 6.45) is 3.11. The molecular formula is C28H26FN5O4. The van der Waals surface area contributed by atoms with Gasteiger partial charge in [-0.05, 0) is 48.0 Å². The molecule has 0 saturated carbocycles. The van der Waals surface area contributed by atoms with Gasteiger partial charge in [-0.2, -0.15) is 0 Å². The third-order valence-electron chi connectivity index (χ3n) is 7.44. The van der Waals surface area contributed by atoms with Crippen molar-refractivity contribution in [2.45, 2.75) is 11.5 Å². The number of halogens is 1. The highest BCUT2D eigenvalue weighted by molar-refractivity contribution is 5.96. The van der Waals surface area contributed by atoms with Crippen LogP contribution in [0.3, 0.4) is 0 Å². The highest BCUT2D eigenvalue weighted by atomic mass is 19.1. The van der Waals surface area contributed by atoms with Crippen molar-refractivity contribution in [1.82, 2.24) is 19.8 Å². The predicted molar refractivity (Wildman–Crippen MR) is 139 cm³/mol. The zero-order chi connectivity index (χ0) is 26.4. The number of pyridine rings is 1. The summed E-state index contributed by atoms with van der Waals surface area (Å²) in [5, 5.41) is 14.2. The van der Waals surface area contributed by atoms with Crippen molar-refractivity contribution >= 4 is 28.5 Å². The van der Waals surface area contributed by atoms with E-state index in [-0.39, 0.29) is 18.5 Å². The normalized spacial score (nSPS) is 17.7. The van der Waals surface area contributed by atoms with Crippen LogP contribution in [0.15, 0.2) is 67.0 Å². The Morgan fingerprint density at radius 2 is 2.03 bits per heavy atom. The summed E-state index contributed by atoms with van der Waals surface area (Å²) < 4.78 is 19.0. The Bertz CT molecular complexity index is 1530. The number of nitrogens with one attached hydrogen (secondary N) is 2. The van der Waals surface area contributed by atoms with E-state index < -0.39 is 17.3 Å². The van der Waals surface area contributed by atoms with Crippen LogP contribution in [-0.2, 0) is 5.41 Å². The van der Waals surface area contributed by atoms with E-state index in [4.69, 9.17) is 4.74 Å². The second-order valence-electron chi connectivity index (χ2n) is 9.78. The number of methoxy groups -OCH3 is 1. The first-order chi connectivity index (χ1) is 18.4. The van der Waals surface area contributed by atoms with E-state index in [9.17, 15) is 19.1 Å². The second-order valence-corrected chi connectivity index (χ2v) is 9.78. The van der Waals surface area contributed by atoms with Gasteiger partial charge in [0.1, 0.15) is 11.6 Å². The average molecular weight is 516 g/mol. The number of likely N-dealkylation sites (tertiary alicyclic amines) is 1. The zero-order valence-corrected chi connectivity index (χ0v) is 20.6. The van der Waals surface area contributed by atoms with Gasteiger partial charge in [0.15, 0.2) is 0 Å². The number of carbonyl (C=O) groups excluding carboxylic acids is 2. The lowest BCUT2D eigenvalue weighted by atomic mass is 9.68. The Hall–Kier alpha value is -4.44. The molecule has 2 aromatic heterocycles. The van der Waals surface area contributed by atoms with Crippen molar-refractivity contribution in [3.05, 3.63) is 89.6 Å². The van der Waals surface area contributed by atoms with E-state index >= 15 is 0 Å². The van der Waals surface area contributed by atoms with Gasteiger partial charge in [-0.1, -0.05) is 6.07 Å². The Labute approximate surface area is 217 Å². The largest absolute Gasteiger partial charge is 0.497 e. The molecular weight excluding hydrogens is 489 g/mol. The summed E-state index contributed by atoms with van der Waals surface area (Å²) >= 11 is 0. The lowest BCUT2D eigenvalue weighted by molar-refractivity contribution is 0.0159. The molecule has 194 valence electrons. The molecule has 1 fully saturated rings. The van der Waals surface area contributed by atoms with Crippen LogP contribution >= 0.6 is 0 Å². The predicted octanol–water partition coefficient (Wildman–Crippen LogP) is 3.69. The van der Waals surface area contributed by atoms with Crippen LogP contribution in [0, 0.1) is 5.82 Å². The van der Waals surface area contributed by atoms with Gasteiger partial charge in [-0.25, -0.2) is 9.18 Å². The SMILES string of the molecule is COc1ccc2c3c([nH]c2c1)[C@@H](CO)N(C(=O)c1cccnc1)CC31CN(C(=O)Nc2cccc(F)c2)C1. The number of amides is 3. The Morgan fingerprint density at radius 3 is 2.74 bits per heavy atom. The fraction of sp³-hybridized carbons (Fsp3) is 0.250. The standard InChI is InChI=1S/C28H26FN5O4/c1-38-20-7-8-21-22(11-20)32-25-23(13-35)34(26(36)17-4-3-9-30-12-17)16-28(24(21)25)14-33(15-28)27(37)31-19-6-2-5-18(29)10-19/h2-12,23,32,35H,13-16H2,1H3,(H,31,37)/t23-/m1/s1. The highest BCUT2D eigenvalue weighted by Gasteiger charge is 2.55. The van der Waals surface area contributed by atoms with Crippen molar-refractivity contribution in [3.8, 4) is 5.75 Å². The van der Waals surface area contributed by atoms with Gasteiger partial charge in [-0.15, -0.1) is 0 Å². The third-order valence-corrected chi connectivity index (χ3v) is 7.44. The van der Waals surface area contributed by atoms with Gasteiger partial charge < -0.3 is 29.9 Å². The number of ether oxygens (including phenoxy) is 1. The van der Waals surface area contributed by atoms with Gasteiger partial charge in [0.05, 0.1) is 30.7 Å². The van der Waals surface area contributed by atoms with E-state index in [1.807, 2.05) is 18.2 Å². The number of hydrogen-bond donors (Lipinski definition) is 3. The van der Waals surface area contributed by atoms with Crippen molar-refractivity contribution in [3.63, 3.8) is 0 Å².